The normalized spacial score (nSPS) is 13.7. The Morgan fingerprint density at radius 1 is 1.30 bits per heavy atom. The Morgan fingerprint density at radius 3 is 2.30 bits per heavy atom. The molecule has 1 unspecified atom stereocenters. The van der Waals surface area contributed by atoms with Gasteiger partial charge in [-0.2, -0.15) is 13.2 Å². The van der Waals surface area contributed by atoms with E-state index in [-0.39, 0.29) is 29.9 Å². The van der Waals surface area contributed by atoms with Gasteiger partial charge >= 0.3 is 6.18 Å². The van der Waals surface area contributed by atoms with Gasteiger partial charge in [-0.05, 0) is 30.5 Å². The fourth-order valence-electron chi connectivity index (χ4n) is 2.00. The van der Waals surface area contributed by atoms with Crippen molar-refractivity contribution in [3.8, 4) is 0 Å². The largest absolute Gasteiger partial charge is 0.417 e. The molecule has 0 fully saturated rings. The second-order valence-corrected chi connectivity index (χ2v) is 7.44. The van der Waals surface area contributed by atoms with E-state index in [0.717, 1.165) is 12.1 Å². The van der Waals surface area contributed by atoms with E-state index in [1.807, 2.05) is 13.8 Å². The second-order valence-electron chi connectivity index (χ2n) is 5.32. The van der Waals surface area contributed by atoms with Gasteiger partial charge in [0.15, 0.2) is 0 Å². The minimum atomic E-state index is -4.83. The number of hydrogen-bond acceptors (Lipinski definition) is 3. The number of alkyl halides is 3. The van der Waals surface area contributed by atoms with E-state index < -0.39 is 32.7 Å². The highest BCUT2D eigenvalue weighted by Crippen LogP contribution is 2.35. The molecule has 0 bridgehead atoms. The quantitative estimate of drug-likeness (QED) is 0.775. The first-order valence-corrected chi connectivity index (χ1v) is 8.42. The van der Waals surface area contributed by atoms with Gasteiger partial charge in [-0.25, -0.2) is 13.1 Å². The zero-order chi connectivity index (χ0) is 17.1. The maximum atomic E-state index is 13.0. The molecule has 0 amide bonds. The molecule has 134 valence electrons. The molecule has 0 aliphatic heterocycles. The van der Waals surface area contributed by atoms with Crippen LogP contribution in [0.25, 0.3) is 0 Å². The average Bonchev–Trinajstić information content (AvgIpc) is 2.35. The predicted octanol–water partition coefficient (Wildman–Crippen LogP) is 3.43. The zero-order valence-electron chi connectivity index (χ0n) is 12.5. The van der Waals surface area contributed by atoms with Crippen molar-refractivity contribution in [2.24, 2.45) is 11.7 Å². The van der Waals surface area contributed by atoms with Crippen LogP contribution in [0.15, 0.2) is 23.1 Å². The first-order valence-electron chi connectivity index (χ1n) is 6.56. The van der Waals surface area contributed by atoms with E-state index in [1.54, 1.807) is 0 Å². The SMILES string of the molecule is CC(C)CC(CN)NS(=O)(=O)c1ccc(Cl)cc1C(F)(F)F.Cl. The number of benzene rings is 1. The summed E-state index contributed by atoms with van der Waals surface area (Å²) in [4.78, 5) is -0.855. The summed E-state index contributed by atoms with van der Waals surface area (Å²) in [6.07, 6.45) is -4.41. The lowest BCUT2D eigenvalue weighted by atomic mass is 10.1. The molecular formula is C13H19Cl2F3N2O2S. The zero-order valence-corrected chi connectivity index (χ0v) is 14.9. The highest BCUT2D eigenvalue weighted by atomic mass is 35.5. The second kappa shape index (κ2) is 8.53. The molecular weight excluding hydrogens is 376 g/mol. The number of rotatable bonds is 6. The highest BCUT2D eigenvalue weighted by molar-refractivity contribution is 7.89. The van der Waals surface area contributed by atoms with E-state index >= 15 is 0 Å². The molecule has 0 aliphatic rings. The van der Waals surface area contributed by atoms with Gasteiger partial charge < -0.3 is 5.73 Å². The Morgan fingerprint density at radius 2 is 1.87 bits per heavy atom. The molecule has 10 heteroatoms. The summed E-state index contributed by atoms with van der Waals surface area (Å²) >= 11 is 5.54. The Labute approximate surface area is 145 Å². The number of nitrogens with one attached hydrogen (secondary N) is 1. The number of halogens is 5. The van der Waals surface area contributed by atoms with Crippen molar-refractivity contribution in [2.45, 2.75) is 37.4 Å². The summed E-state index contributed by atoms with van der Waals surface area (Å²) in [5, 5.41) is -0.191. The Balaban J connectivity index is 0.00000484. The molecule has 1 rings (SSSR count). The summed E-state index contributed by atoms with van der Waals surface area (Å²) in [5.74, 6) is 0.142. The van der Waals surface area contributed by atoms with Crippen LogP contribution in [0.4, 0.5) is 13.2 Å². The maximum absolute atomic E-state index is 13.0. The minimum absolute atomic E-state index is 0. The molecule has 0 saturated carbocycles. The van der Waals surface area contributed by atoms with Gasteiger partial charge in [0.05, 0.1) is 10.5 Å². The summed E-state index contributed by atoms with van der Waals surface area (Å²) in [6.45, 7) is 3.72. The molecule has 0 heterocycles. The molecule has 3 N–H and O–H groups in total. The summed E-state index contributed by atoms with van der Waals surface area (Å²) < 4.78 is 65.8. The van der Waals surface area contributed by atoms with Crippen molar-refractivity contribution in [1.82, 2.24) is 4.72 Å². The van der Waals surface area contributed by atoms with Crippen molar-refractivity contribution >= 4 is 34.0 Å². The molecule has 1 atom stereocenters. The van der Waals surface area contributed by atoms with Crippen molar-refractivity contribution in [2.75, 3.05) is 6.54 Å². The predicted molar refractivity (Wildman–Crippen MR) is 86.3 cm³/mol. The molecule has 4 nitrogen and oxygen atoms in total. The van der Waals surface area contributed by atoms with Gasteiger partial charge in [0.1, 0.15) is 0 Å². The number of hydrogen-bond donors (Lipinski definition) is 2. The van der Waals surface area contributed by atoms with Gasteiger partial charge in [0.2, 0.25) is 10.0 Å². The van der Waals surface area contributed by atoms with Gasteiger partial charge in [0.25, 0.3) is 0 Å². The fourth-order valence-corrected chi connectivity index (χ4v) is 3.64. The Kier molecular flexibility index (Phi) is 8.33. The number of nitrogens with two attached hydrogens (primary N) is 1. The van der Waals surface area contributed by atoms with Crippen molar-refractivity contribution in [3.63, 3.8) is 0 Å². The third-order valence-electron chi connectivity index (χ3n) is 2.90. The van der Waals surface area contributed by atoms with Crippen LogP contribution in [0.3, 0.4) is 0 Å². The monoisotopic (exact) mass is 394 g/mol. The molecule has 0 aliphatic carbocycles. The van der Waals surface area contributed by atoms with Crippen LogP contribution >= 0.6 is 24.0 Å². The van der Waals surface area contributed by atoms with Crippen LogP contribution in [0.5, 0.6) is 0 Å². The van der Waals surface area contributed by atoms with E-state index in [1.165, 1.54) is 0 Å². The standard InChI is InChI=1S/C13H18ClF3N2O2S.ClH/c1-8(2)5-10(7-18)19-22(20,21)12-4-3-9(14)6-11(12)13(15,16)17;/h3-4,6,8,10,19H,5,7,18H2,1-2H3;1H. The lowest BCUT2D eigenvalue weighted by Gasteiger charge is -2.20. The van der Waals surface area contributed by atoms with Crippen LogP contribution in [0.1, 0.15) is 25.8 Å². The Bertz CT molecular complexity index is 622. The first-order chi connectivity index (χ1) is 9.97. The van der Waals surface area contributed by atoms with E-state index in [2.05, 4.69) is 4.72 Å². The maximum Gasteiger partial charge on any atom is 0.417 e. The summed E-state index contributed by atoms with van der Waals surface area (Å²) in [5.41, 5.74) is 4.19. The van der Waals surface area contributed by atoms with E-state index in [9.17, 15) is 21.6 Å². The summed E-state index contributed by atoms with van der Waals surface area (Å²) in [7, 11) is -4.36. The van der Waals surface area contributed by atoms with Crippen molar-refractivity contribution in [1.29, 1.82) is 0 Å². The minimum Gasteiger partial charge on any atom is -0.329 e. The van der Waals surface area contributed by atoms with E-state index in [4.69, 9.17) is 17.3 Å². The molecule has 0 saturated heterocycles. The lowest BCUT2D eigenvalue weighted by molar-refractivity contribution is -0.139. The fraction of sp³-hybridized carbons (Fsp3) is 0.538. The molecule has 23 heavy (non-hydrogen) atoms. The number of sulfonamides is 1. The third kappa shape index (κ3) is 6.46. The average molecular weight is 395 g/mol. The van der Waals surface area contributed by atoms with Crippen LogP contribution in [-0.4, -0.2) is 21.0 Å². The van der Waals surface area contributed by atoms with Crippen LogP contribution in [0.2, 0.25) is 5.02 Å². The van der Waals surface area contributed by atoms with Gasteiger partial charge in [-0.3, -0.25) is 0 Å². The smallest absolute Gasteiger partial charge is 0.329 e. The van der Waals surface area contributed by atoms with Crippen LogP contribution < -0.4 is 10.5 Å². The molecule has 1 aromatic carbocycles. The Hall–Kier alpha value is -0.540. The summed E-state index contributed by atoms with van der Waals surface area (Å²) in [6, 6.07) is 1.90. The molecule has 0 radical (unpaired) electrons. The molecule has 0 aromatic heterocycles. The van der Waals surface area contributed by atoms with E-state index in [0.29, 0.717) is 12.5 Å². The third-order valence-corrected chi connectivity index (χ3v) is 4.71. The van der Waals surface area contributed by atoms with Gasteiger partial charge in [-0.1, -0.05) is 25.4 Å². The first kappa shape index (κ1) is 22.5. The molecule has 0 spiro atoms. The van der Waals surface area contributed by atoms with Crippen molar-refractivity contribution < 1.29 is 21.6 Å². The topological polar surface area (TPSA) is 72.2 Å². The van der Waals surface area contributed by atoms with Crippen molar-refractivity contribution in [3.05, 3.63) is 28.8 Å². The van der Waals surface area contributed by atoms with Crippen LogP contribution in [0, 0.1) is 5.92 Å². The molecule has 1 aromatic rings. The highest BCUT2D eigenvalue weighted by Gasteiger charge is 2.37. The van der Waals surface area contributed by atoms with Gasteiger partial charge in [-0.15, -0.1) is 12.4 Å². The van der Waals surface area contributed by atoms with Crippen LogP contribution in [-0.2, 0) is 16.2 Å². The lowest BCUT2D eigenvalue weighted by Crippen LogP contribution is -2.41. The van der Waals surface area contributed by atoms with Gasteiger partial charge in [0, 0.05) is 17.6 Å².